The molecule has 1 aromatic carbocycles. The molecule has 19 heavy (non-hydrogen) atoms. The van der Waals surface area contributed by atoms with Crippen LogP contribution in [0.1, 0.15) is 27.7 Å². The minimum Gasteiger partial charge on any atom is -0.387 e. The highest BCUT2D eigenvalue weighted by Crippen LogP contribution is 2.16. The highest BCUT2D eigenvalue weighted by molar-refractivity contribution is 5.92. The van der Waals surface area contributed by atoms with Crippen molar-refractivity contribution in [1.29, 1.82) is 0 Å². The summed E-state index contributed by atoms with van der Waals surface area (Å²) >= 11 is 0. The molecule has 0 aliphatic rings. The van der Waals surface area contributed by atoms with Crippen molar-refractivity contribution in [2.24, 2.45) is 7.05 Å². The van der Waals surface area contributed by atoms with Crippen molar-refractivity contribution in [1.82, 2.24) is 15.1 Å². The summed E-state index contributed by atoms with van der Waals surface area (Å²) in [7, 11) is 1.70. The molecule has 0 aliphatic heterocycles. The first-order valence-corrected chi connectivity index (χ1v) is 6.09. The molecule has 0 fully saturated rings. The number of nitrogens with zero attached hydrogens (tertiary/aromatic N) is 2. The number of benzene rings is 1. The van der Waals surface area contributed by atoms with E-state index < -0.39 is 6.10 Å². The van der Waals surface area contributed by atoms with Crippen LogP contribution in [0.4, 0.5) is 0 Å². The summed E-state index contributed by atoms with van der Waals surface area (Å²) in [6, 6.07) is 9.21. The van der Waals surface area contributed by atoms with Crippen LogP contribution in [0.15, 0.2) is 36.5 Å². The second kappa shape index (κ2) is 5.67. The van der Waals surface area contributed by atoms with Crippen molar-refractivity contribution >= 4 is 5.91 Å². The van der Waals surface area contributed by atoms with Gasteiger partial charge in [-0.15, -0.1) is 0 Å². The first-order valence-electron chi connectivity index (χ1n) is 6.09. The summed E-state index contributed by atoms with van der Waals surface area (Å²) in [6.45, 7) is 2.11. The lowest BCUT2D eigenvalue weighted by molar-refractivity contribution is 0.0906. The molecule has 0 radical (unpaired) electrons. The van der Waals surface area contributed by atoms with Gasteiger partial charge in [0.2, 0.25) is 0 Å². The van der Waals surface area contributed by atoms with Crippen LogP contribution in [0, 0.1) is 6.92 Å². The van der Waals surface area contributed by atoms with Gasteiger partial charge >= 0.3 is 0 Å². The predicted octanol–water partition coefficient (Wildman–Crippen LogP) is 1.19. The van der Waals surface area contributed by atoms with Gasteiger partial charge in [0.25, 0.3) is 5.91 Å². The molecule has 0 bridgehead atoms. The zero-order valence-corrected chi connectivity index (χ0v) is 11.0. The van der Waals surface area contributed by atoms with Crippen molar-refractivity contribution in [3.63, 3.8) is 0 Å². The third-order valence-corrected chi connectivity index (χ3v) is 3.06. The number of nitrogens with one attached hydrogen (secondary N) is 1. The van der Waals surface area contributed by atoms with E-state index in [2.05, 4.69) is 10.4 Å². The highest BCUT2D eigenvalue weighted by Gasteiger charge is 2.14. The Balaban J connectivity index is 1.98. The first-order chi connectivity index (χ1) is 9.09. The van der Waals surface area contributed by atoms with Gasteiger partial charge in [-0.25, -0.2) is 0 Å². The molecular weight excluding hydrogens is 242 g/mol. The molecule has 0 spiro atoms. The van der Waals surface area contributed by atoms with E-state index in [1.807, 2.05) is 31.2 Å². The summed E-state index contributed by atoms with van der Waals surface area (Å²) < 4.78 is 1.50. The van der Waals surface area contributed by atoms with Gasteiger partial charge in [0.15, 0.2) is 0 Å². The van der Waals surface area contributed by atoms with Gasteiger partial charge in [-0.3, -0.25) is 9.48 Å². The van der Waals surface area contributed by atoms with E-state index in [0.29, 0.717) is 5.69 Å². The number of aliphatic hydroxyl groups is 1. The molecule has 2 aromatic rings. The SMILES string of the molecule is Cc1ccccc1C(O)CNC(=O)c1ccnn1C. The second-order valence-corrected chi connectivity index (χ2v) is 4.42. The van der Waals surface area contributed by atoms with Gasteiger partial charge in [0.1, 0.15) is 5.69 Å². The quantitative estimate of drug-likeness (QED) is 0.866. The Kier molecular flexibility index (Phi) is 3.97. The summed E-state index contributed by atoms with van der Waals surface area (Å²) in [4.78, 5) is 11.9. The zero-order chi connectivity index (χ0) is 13.8. The van der Waals surface area contributed by atoms with E-state index in [4.69, 9.17) is 0 Å². The molecule has 0 saturated carbocycles. The molecule has 2 N–H and O–H groups in total. The molecule has 1 heterocycles. The fraction of sp³-hybridized carbons (Fsp3) is 0.286. The monoisotopic (exact) mass is 259 g/mol. The van der Waals surface area contributed by atoms with Gasteiger partial charge in [-0.2, -0.15) is 5.10 Å². The Bertz CT molecular complexity index is 578. The van der Waals surface area contributed by atoms with Gasteiger partial charge in [-0.05, 0) is 24.1 Å². The first kappa shape index (κ1) is 13.3. The molecule has 0 saturated heterocycles. The molecule has 1 aromatic heterocycles. The average molecular weight is 259 g/mol. The lowest BCUT2D eigenvalue weighted by Crippen LogP contribution is -2.30. The Morgan fingerprint density at radius 1 is 1.42 bits per heavy atom. The van der Waals surface area contributed by atoms with E-state index >= 15 is 0 Å². The van der Waals surface area contributed by atoms with Crippen molar-refractivity contribution in [3.05, 3.63) is 53.3 Å². The van der Waals surface area contributed by atoms with Crippen LogP contribution in [0.2, 0.25) is 0 Å². The van der Waals surface area contributed by atoms with Crippen molar-refractivity contribution < 1.29 is 9.90 Å². The third kappa shape index (κ3) is 3.00. The Morgan fingerprint density at radius 3 is 2.79 bits per heavy atom. The standard InChI is InChI=1S/C14H17N3O2/c1-10-5-3-4-6-11(10)13(18)9-15-14(19)12-7-8-16-17(12)2/h3-8,13,18H,9H2,1-2H3,(H,15,19). The smallest absolute Gasteiger partial charge is 0.269 e. The van der Waals surface area contributed by atoms with Crippen LogP contribution in [-0.2, 0) is 7.05 Å². The molecule has 1 unspecified atom stereocenters. The third-order valence-electron chi connectivity index (χ3n) is 3.06. The molecule has 5 nitrogen and oxygen atoms in total. The summed E-state index contributed by atoms with van der Waals surface area (Å²) in [5, 5.41) is 16.7. The van der Waals surface area contributed by atoms with Crippen molar-refractivity contribution in [3.8, 4) is 0 Å². The number of carbonyl (C=O) groups is 1. The largest absolute Gasteiger partial charge is 0.387 e. The van der Waals surface area contributed by atoms with Gasteiger partial charge in [0, 0.05) is 19.8 Å². The second-order valence-electron chi connectivity index (χ2n) is 4.42. The lowest BCUT2D eigenvalue weighted by Gasteiger charge is -2.14. The molecule has 0 aliphatic carbocycles. The molecule has 1 atom stereocenters. The molecule has 2 rings (SSSR count). The fourth-order valence-electron chi connectivity index (χ4n) is 1.95. The number of aromatic nitrogens is 2. The summed E-state index contributed by atoms with van der Waals surface area (Å²) in [5.74, 6) is -0.243. The van der Waals surface area contributed by atoms with E-state index in [1.165, 1.54) is 4.68 Å². The van der Waals surface area contributed by atoms with Crippen LogP contribution < -0.4 is 5.32 Å². The maximum absolute atomic E-state index is 11.9. The number of carbonyl (C=O) groups excluding carboxylic acids is 1. The zero-order valence-electron chi connectivity index (χ0n) is 11.0. The Morgan fingerprint density at radius 2 is 2.16 bits per heavy atom. The Labute approximate surface area is 111 Å². The predicted molar refractivity (Wildman–Crippen MR) is 71.7 cm³/mol. The van der Waals surface area contributed by atoms with Crippen LogP contribution in [0.3, 0.4) is 0 Å². The van der Waals surface area contributed by atoms with Crippen LogP contribution in [0.5, 0.6) is 0 Å². The normalized spacial score (nSPS) is 12.2. The summed E-state index contributed by atoms with van der Waals surface area (Å²) in [5.41, 5.74) is 2.30. The fourth-order valence-corrected chi connectivity index (χ4v) is 1.95. The minimum absolute atomic E-state index is 0.175. The van der Waals surface area contributed by atoms with E-state index in [0.717, 1.165) is 11.1 Å². The molecule has 100 valence electrons. The Hall–Kier alpha value is -2.14. The number of rotatable bonds is 4. The number of aliphatic hydroxyl groups excluding tert-OH is 1. The van der Waals surface area contributed by atoms with Gasteiger partial charge < -0.3 is 10.4 Å². The van der Waals surface area contributed by atoms with Crippen molar-refractivity contribution in [2.45, 2.75) is 13.0 Å². The number of hydrogen-bond acceptors (Lipinski definition) is 3. The van der Waals surface area contributed by atoms with Gasteiger partial charge in [-0.1, -0.05) is 24.3 Å². The lowest BCUT2D eigenvalue weighted by atomic mass is 10.0. The van der Waals surface area contributed by atoms with E-state index in [1.54, 1.807) is 19.3 Å². The highest BCUT2D eigenvalue weighted by atomic mass is 16.3. The average Bonchev–Trinajstić information content (AvgIpc) is 2.82. The molecule has 5 heteroatoms. The van der Waals surface area contributed by atoms with Gasteiger partial charge in [0.05, 0.1) is 6.10 Å². The van der Waals surface area contributed by atoms with Crippen molar-refractivity contribution in [2.75, 3.05) is 6.54 Å². The van der Waals surface area contributed by atoms with E-state index in [9.17, 15) is 9.90 Å². The maximum atomic E-state index is 11.9. The topological polar surface area (TPSA) is 67.2 Å². The minimum atomic E-state index is -0.710. The van der Waals surface area contributed by atoms with Crippen LogP contribution in [0.25, 0.3) is 0 Å². The number of amides is 1. The molecular formula is C14H17N3O2. The number of hydrogen-bond donors (Lipinski definition) is 2. The molecule has 1 amide bonds. The van der Waals surface area contributed by atoms with Crippen LogP contribution >= 0.6 is 0 Å². The maximum Gasteiger partial charge on any atom is 0.269 e. The summed E-state index contributed by atoms with van der Waals surface area (Å²) in [6.07, 6.45) is 0.852. The number of aryl methyl sites for hydroxylation is 2. The van der Waals surface area contributed by atoms with Crippen LogP contribution in [-0.4, -0.2) is 27.3 Å². The van der Waals surface area contributed by atoms with E-state index in [-0.39, 0.29) is 12.5 Å².